The molecule has 4 amide bonds. The molecule has 2 fully saturated rings. The van der Waals surface area contributed by atoms with Crippen LogP contribution in [-0.2, 0) is 9.59 Å². The van der Waals surface area contributed by atoms with Crippen molar-refractivity contribution >= 4 is 17.8 Å². The fourth-order valence-corrected chi connectivity index (χ4v) is 3.48. The molecule has 2 aliphatic rings. The van der Waals surface area contributed by atoms with E-state index in [0.717, 1.165) is 18.4 Å². The highest BCUT2D eigenvalue weighted by atomic mass is 19.1. The van der Waals surface area contributed by atoms with Crippen LogP contribution in [0, 0.1) is 5.82 Å². The monoisotopic (exact) mass is 363 g/mol. The minimum Gasteiger partial charge on any atom is -0.494 e. The van der Waals surface area contributed by atoms with Gasteiger partial charge in [-0.25, -0.2) is 9.18 Å². The van der Waals surface area contributed by atoms with Crippen LogP contribution in [0.25, 0.3) is 0 Å². The molecular weight excluding hydrogens is 341 g/mol. The Bertz CT molecular complexity index is 716. The molecule has 1 aromatic rings. The number of likely N-dealkylation sites (tertiary alicyclic amines) is 1. The van der Waals surface area contributed by atoms with Crippen LogP contribution >= 0.6 is 0 Å². The molecule has 3 rings (SSSR count). The van der Waals surface area contributed by atoms with Crippen LogP contribution in [0.1, 0.15) is 37.2 Å². The lowest BCUT2D eigenvalue weighted by molar-refractivity contribution is -0.132. The summed E-state index contributed by atoms with van der Waals surface area (Å²) in [5.41, 5.74) is 1.01. The molecule has 2 N–H and O–H groups in total. The summed E-state index contributed by atoms with van der Waals surface area (Å²) in [6, 6.07) is 3.76. The Morgan fingerprint density at radius 1 is 1.31 bits per heavy atom. The number of hydrogen-bond donors (Lipinski definition) is 2. The van der Waals surface area contributed by atoms with Gasteiger partial charge in [-0.1, -0.05) is 6.07 Å². The molecule has 2 saturated heterocycles. The quantitative estimate of drug-likeness (QED) is 0.777. The first kappa shape index (κ1) is 18.2. The Morgan fingerprint density at radius 2 is 2.04 bits per heavy atom. The maximum atomic E-state index is 13.5. The van der Waals surface area contributed by atoms with Gasteiger partial charge in [-0.15, -0.1) is 0 Å². The topological polar surface area (TPSA) is 87.7 Å². The molecule has 2 aliphatic heterocycles. The van der Waals surface area contributed by atoms with E-state index >= 15 is 0 Å². The highest BCUT2D eigenvalue weighted by Crippen LogP contribution is 2.31. The van der Waals surface area contributed by atoms with Crippen LogP contribution in [-0.4, -0.2) is 49.0 Å². The molecular formula is C18H22FN3O4. The van der Waals surface area contributed by atoms with Crippen molar-refractivity contribution in [3.63, 3.8) is 0 Å². The van der Waals surface area contributed by atoms with Crippen LogP contribution in [0.15, 0.2) is 18.2 Å². The van der Waals surface area contributed by atoms with Gasteiger partial charge in [0.05, 0.1) is 7.11 Å². The smallest absolute Gasteiger partial charge is 0.322 e. The Morgan fingerprint density at radius 3 is 2.65 bits per heavy atom. The predicted octanol–water partition coefficient (Wildman–Crippen LogP) is 1.53. The van der Waals surface area contributed by atoms with Gasteiger partial charge >= 0.3 is 6.03 Å². The van der Waals surface area contributed by atoms with Crippen molar-refractivity contribution in [1.29, 1.82) is 0 Å². The zero-order chi connectivity index (χ0) is 18.7. The molecule has 0 radical (unpaired) electrons. The molecule has 140 valence electrons. The summed E-state index contributed by atoms with van der Waals surface area (Å²) in [6.45, 7) is 1.23. The number of nitrogens with zero attached hydrogens (tertiary/aromatic N) is 1. The van der Waals surface area contributed by atoms with Gasteiger partial charge in [-0.3, -0.25) is 14.9 Å². The Labute approximate surface area is 150 Å². The molecule has 8 heteroatoms. The number of benzene rings is 1. The van der Waals surface area contributed by atoms with E-state index < -0.39 is 12.1 Å². The van der Waals surface area contributed by atoms with Gasteiger partial charge in [0.1, 0.15) is 6.04 Å². The van der Waals surface area contributed by atoms with Crippen LogP contribution in [0.2, 0.25) is 0 Å². The summed E-state index contributed by atoms with van der Waals surface area (Å²) in [6.07, 6.45) is 2.10. The fourth-order valence-electron chi connectivity index (χ4n) is 3.48. The average molecular weight is 363 g/mol. The van der Waals surface area contributed by atoms with Gasteiger partial charge in [0.25, 0.3) is 5.91 Å². The van der Waals surface area contributed by atoms with E-state index in [2.05, 4.69) is 10.6 Å². The zero-order valence-corrected chi connectivity index (χ0v) is 14.6. The lowest BCUT2D eigenvalue weighted by Crippen LogP contribution is -2.39. The van der Waals surface area contributed by atoms with Crippen molar-refractivity contribution in [2.75, 3.05) is 20.2 Å². The summed E-state index contributed by atoms with van der Waals surface area (Å²) in [4.78, 5) is 36.7. The van der Waals surface area contributed by atoms with Crippen molar-refractivity contribution in [2.24, 2.45) is 0 Å². The zero-order valence-electron chi connectivity index (χ0n) is 14.6. The van der Waals surface area contributed by atoms with Gasteiger partial charge in [0.2, 0.25) is 5.91 Å². The number of carbonyl (C=O) groups excluding carboxylic acids is 3. The van der Waals surface area contributed by atoms with E-state index in [-0.39, 0.29) is 35.7 Å². The third-order valence-corrected chi connectivity index (χ3v) is 5.00. The minimum absolute atomic E-state index is 0.0194. The van der Waals surface area contributed by atoms with Gasteiger partial charge in [-0.05, 0) is 42.9 Å². The van der Waals surface area contributed by atoms with Crippen LogP contribution in [0.5, 0.6) is 5.75 Å². The predicted molar refractivity (Wildman–Crippen MR) is 91.2 cm³/mol. The van der Waals surface area contributed by atoms with E-state index in [4.69, 9.17) is 4.74 Å². The molecule has 0 saturated carbocycles. The van der Waals surface area contributed by atoms with Crippen LogP contribution < -0.4 is 15.4 Å². The lowest BCUT2D eigenvalue weighted by Gasteiger charge is -2.32. The molecule has 2 heterocycles. The number of hydrogen-bond acceptors (Lipinski definition) is 4. The Balaban J connectivity index is 1.49. The number of urea groups is 1. The number of amides is 4. The molecule has 0 aromatic heterocycles. The second-order valence-electron chi connectivity index (χ2n) is 6.60. The molecule has 0 spiro atoms. The maximum Gasteiger partial charge on any atom is 0.322 e. The van der Waals surface area contributed by atoms with E-state index in [1.54, 1.807) is 17.0 Å². The first-order chi connectivity index (χ1) is 12.5. The Kier molecular flexibility index (Phi) is 5.39. The fraction of sp³-hybridized carbons (Fsp3) is 0.500. The summed E-state index contributed by atoms with van der Waals surface area (Å²) >= 11 is 0. The maximum absolute atomic E-state index is 13.5. The molecule has 1 atom stereocenters. The lowest BCUT2D eigenvalue weighted by atomic mass is 9.89. The van der Waals surface area contributed by atoms with E-state index in [9.17, 15) is 18.8 Å². The molecule has 0 aliphatic carbocycles. The summed E-state index contributed by atoms with van der Waals surface area (Å²) in [7, 11) is 1.44. The first-order valence-corrected chi connectivity index (χ1v) is 8.70. The average Bonchev–Trinajstić information content (AvgIpc) is 2.97. The minimum atomic E-state index is -0.629. The normalized spacial score (nSPS) is 20.7. The summed E-state index contributed by atoms with van der Waals surface area (Å²) in [5.74, 6) is -0.293. The van der Waals surface area contributed by atoms with Gasteiger partial charge < -0.3 is 15.0 Å². The highest BCUT2D eigenvalue weighted by Gasteiger charge is 2.31. The number of methoxy groups -OCH3 is 1. The molecule has 1 unspecified atom stereocenters. The van der Waals surface area contributed by atoms with Gasteiger partial charge in [-0.2, -0.15) is 0 Å². The van der Waals surface area contributed by atoms with E-state index in [1.165, 1.54) is 13.2 Å². The van der Waals surface area contributed by atoms with Gasteiger partial charge in [0, 0.05) is 19.5 Å². The molecule has 0 bridgehead atoms. The van der Waals surface area contributed by atoms with Crippen LogP contribution in [0.4, 0.5) is 9.18 Å². The largest absolute Gasteiger partial charge is 0.494 e. The number of rotatable bonds is 5. The van der Waals surface area contributed by atoms with Crippen molar-refractivity contribution in [3.8, 4) is 5.75 Å². The third kappa shape index (κ3) is 3.95. The standard InChI is InChI=1S/C18H22FN3O4/c1-26-15-10-12(2-3-13(15)19)11-6-8-22(9-7-11)16(23)5-4-14-17(24)21-18(25)20-14/h2-3,10-11,14H,4-9H2,1H3,(H2,20,21,24,25). The molecule has 1 aromatic carbocycles. The highest BCUT2D eigenvalue weighted by molar-refractivity contribution is 6.04. The number of ether oxygens (including phenoxy) is 1. The SMILES string of the molecule is COc1cc(C2CCN(C(=O)CCC3NC(=O)NC3=O)CC2)ccc1F. The summed E-state index contributed by atoms with van der Waals surface area (Å²) in [5, 5.41) is 4.65. The number of nitrogens with one attached hydrogen (secondary N) is 2. The number of halogens is 1. The third-order valence-electron chi connectivity index (χ3n) is 5.00. The molecule has 7 nitrogen and oxygen atoms in total. The first-order valence-electron chi connectivity index (χ1n) is 8.70. The van der Waals surface area contributed by atoms with Gasteiger partial charge in [0.15, 0.2) is 11.6 Å². The summed E-state index contributed by atoms with van der Waals surface area (Å²) < 4.78 is 18.6. The van der Waals surface area contributed by atoms with Crippen molar-refractivity contribution in [1.82, 2.24) is 15.5 Å². The number of imide groups is 1. The molecule has 26 heavy (non-hydrogen) atoms. The van der Waals surface area contributed by atoms with E-state index in [0.29, 0.717) is 19.5 Å². The van der Waals surface area contributed by atoms with Crippen LogP contribution in [0.3, 0.4) is 0 Å². The number of piperidine rings is 1. The second kappa shape index (κ2) is 7.72. The Hall–Kier alpha value is -2.64. The van der Waals surface area contributed by atoms with Crippen molar-refractivity contribution < 1.29 is 23.5 Å². The van der Waals surface area contributed by atoms with Crippen molar-refractivity contribution in [3.05, 3.63) is 29.6 Å². The van der Waals surface area contributed by atoms with E-state index in [1.807, 2.05) is 0 Å². The number of carbonyl (C=O) groups is 3. The van der Waals surface area contributed by atoms with Crippen molar-refractivity contribution in [2.45, 2.75) is 37.6 Å². The second-order valence-corrected chi connectivity index (χ2v) is 6.60.